The predicted octanol–water partition coefficient (Wildman–Crippen LogP) is 1.19. The maximum Gasteiger partial charge on any atom is 0.138 e. The number of aliphatic hydroxyl groups is 1. The van der Waals surface area contributed by atoms with E-state index in [0.29, 0.717) is 13.0 Å². The van der Waals surface area contributed by atoms with Gasteiger partial charge < -0.3 is 9.84 Å². The molecule has 0 saturated heterocycles. The summed E-state index contributed by atoms with van der Waals surface area (Å²) in [5.74, 6) is 0.847. The lowest BCUT2D eigenvalue weighted by Crippen LogP contribution is -2.17. The summed E-state index contributed by atoms with van der Waals surface area (Å²) in [5, 5.41) is 14.0. The van der Waals surface area contributed by atoms with Crippen LogP contribution in [0.15, 0.2) is 6.33 Å². The maximum absolute atomic E-state index is 9.82. The molecule has 92 valence electrons. The van der Waals surface area contributed by atoms with Gasteiger partial charge >= 0.3 is 0 Å². The number of rotatable bonds is 7. The zero-order valence-corrected chi connectivity index (χ0v) is 10.3. The van der Waals surface area contributed by atoms with Crippen molar-refractivity contribution in [2.24, 2.45) is 0 Å². The second-order valence-corrected chi connectivity index (χ2v) is 4.21. The molecule has 1 heterocycles. The molecule has 1 N–H and O–H groups in total. The molecular weight excluding hydrogens is 206 g/mol. The van der Waals surface area contributed by atoms with Crippen LogP contribution >= 0.6 is 0 Å². The first-order chi connectivity index (χ1) is 7.65. The van der Waals surface area contributed by atoms with Gasteiger partial charge in [-0.25, -0.2) is 9.67 Å². The Kier molecular flexibility index (Phi) is 5.42. The standard InChI is InChI=1S/C11H21N3O2/c1-9(2)14-11(12-8-13-14)7-10(15)5-4-6-16-3/h8-10,15H,4-7H2,1-3H3. The van der Waals surface area contributed by atoms with E-state index >= 15 is 0 Å². The highest BCUT2D eigenvalue weighted by molar-refractivity contribution is 4.89. The quantitative estimate of drug-likeness (QED) is 0.711. The van der Waals surface area contributed by atoms with Gasteiger partial charge in [-0.3, -0.25) is 0 Å². The van der Waals surface area contributed by atoms with Crippen LogP contribution in [-0.2, 0) is 11.2 Å². The third-order valence-electron chi connectivity index (χ3n) is 2.44. The summed E-state index contributed by atoms with van der Waals surface area (Å²) in [5.41, 5.74) is 0. The lowest BCUT2D eigenvalue weighted by atomic mass is 10.1. The van der Waals surface area contributed by atoms with Crippen LogP contribution in [0.5, 0.6) is 0 Å². The average Bonchev–Trinajstić information content (AvgIpc) is 2.66. The molecule has 1 rings (SSSR count). The van der Waals surface area contributed by atoms with Crippen LogP contribution in [0.4, 0.5) is 0 Å². The van der Waals surface area contributed by atoms with E-state index in [0.717, 1.165) is 18.7 Å². The molecule has 16 heavy (non-hydrogen) atoms. The van der Waals surface area contributed by atoms with E-state index in [1.165, 1.54) is 6.33 Å². The van der Waals surface area contributed by atoms with Crippen molar-refractivity contribution in [3.63, 3.8) is 0 Å². The highest BCUT2D eigenvalue weighted by Crippen LogP contribution is 2.09. The first kappa shape index (κ1) is 13.1. The average molecular weight is 227 g/mol. The SMILES string of the molecule is COCCCC(O)Cc1ncnn1C(C)C. The summed E-state index contributed by atoms with van der Waals surface area (Å²) in [7, 11) is 1.67. The fourth-order valence-electron chi connectivity index (χ4n) is 1.63. The Morgan fingerprint density at radius 1 is 1.50 bits per heavy atom. The normalized spacial score (nSPS) is 13.3. The molecule has 1 unspecified atom stereocenters. The lowest BCUT2D eigenvalue weighted by Gasteiger charge is -2.12. The van der Waals surface area contributed by atoms with Crippen molar-refractivity contribution in [2.75, 3.05) is 13.7 Å². The summed E-state index contributed by atoms with van der Waals surface area (Å²) in [6, 6.07) is 0.281. The number of aromatic nitrogens is 3. The van der Waals surface area contributed by atoms with Gasteiger partial charge in [-0.2, -0.15) is 5.10 Å². The third kappa shape index (κ3) is 3.90. The largest absolute Gasteiger partial charge is 0.393 e. The molecule has 5 nitrogen and oxygen atoms in total. The molecule has 0 aliphatic heterocycles. The molecule has 0 fully saturated rings. The first-order valence-corrected chi connectivity index (χ1v) is 5.70. The van der Waals surface area contributed by atoms with Crippen molar-refractivity contribution < 1.29 is 9.84 Å². The number of hydrogen-bond donors (Lipinski definition) is 1. The van der Waals surface area contributed by atoms with E-state index < -0.39 is 0 Å². The molecule has 0 amide bonds. The van der Waals surface area contributed by atoms with Crippen molar-refractivity contribution in [2.45, 2.75) is 45.3 Å². The number of methoxy groups -OCH3 is 1. The van der Waals surface area contributed by atoms with E-state index in [1.54, 1.807) is 7.11 Å². The van der Waals surface area contributed by atoms with E-state index in [4.69, 9.17) is 4.74 Å². The van der Waals surface area contributed by atoms with Gasteiger partial charge in [-0.15, -0.1) is 0 Å². The second-order valence-electron chi connectivity index (χ2n) is 4.21. The Labute approximate surface area is 96.5 Å². The van der Waals surface area contributed by atoms with Crippen LogP contribution in [0.1, 0.15) is 38.6 Å². The van der Waals surface area contributed by atoms with Crippen LogP contribution in [0.3, 0.4) is 0 Å². The number of hydrogen-bond acceptors (Lipinski definition) is 4. The zero-order valence-electron chi connectivity index (χ0n) is 10.3. The van der Waals surface area contributed by atoms with Gasteiger partial charge in [0.2, 0.25) is 0 Å². The van der Waals surface area contributed by atoms with Gasteiger partial charge in [0.25, 0.3) is 0 Å². The molecule has 1 atom stereocenters. The molecule has 1 aromatic rings. The number of nitrogens with zero attached hydrogens (tertiary/aromatic N) is 3. The van der Waals surface area contributed by atoms with Gasteiger partial charge in [-0.1, -0.05) is 0 Å². The van der Waals surface area contributed by atoms with Gasteiger partial charge in [0, 0.05) is 26.2 Å². The van der Waals surface area contributed by atoms with E-state index in [9.17, 15) is 5.11 Å². The Bertz CT molecular complexity index is 299. The molecule has 0 aliphatic carbocycles. The predicted molar refractivity (Wildman–Crippen MR) is 61.2 cm³/mol. The van der Waals surface area contributed by atoms with Crippen LogP contribution in [0.2, 0.25) is 0 Å². The van der Waals surface area contributed by atoms with Gasteiger partial charge in [-0.05, 0) is 26.7 Å². The van der Waals surface area contributed by atoms with Crippen LogP contribution in [0.25, 0.3) is 0 Å². The topological polar surface area (TPSA) is 60.2 Å². The molecule has 5 heteroatoms. The van der Waals surface area contributed by atoms with Gasteiger partial charge in [0.15, 0.2) is 0 Å². The summed E-state index contributed by atoms with van der Waals surface area (Å²) in [6.07, 6.45) is 3.34. The van der Waals surface area contributed by atoms with E-state index in [-0.39, 0.29) is 12.1 Å². The van der Waals surface area contributed by atoms with Crippen molar-refractivity contribution in [1.29, 1.82) is 0 Å². The fraction of sp³-hybridized carbons (Fsp3) is 0.818. The Hall–Kier alpha value is -0.940. The maximum atomic E-state index is 9.82. The Morgan fingerprint density at radius 2 is 2.25 bits per heavy atom. The fourth-order valence-corrected chi connectivity index (χ4v) is 1.63. The summed E-state index contributed by atoms with van der Waals surface area (Å²) >= 11 is 0. The molecule has 0 radical (unpaired) electrons. The van der Waals surface area contributed by atoms with Crippen molar-refractivity contribution in [1.82, 2.24) is 14.8 Å². The number of aliphatic hydroxyl groups excluding tert-OH is 1. The molecular formula is C11H21N3O2. The van der Waals surface area contributed by atoms with Crippen molar-refractivity contribution in [3.8, 4) is 0 Å². The van der Waals surface area contributed by atoms with E-state index in [2.05, 4.69) is 23.9 Å². The monoisotopic (exact) mass is 227 g/mol. The van der Waals surface area contributed by atoms with Crippen molar-refractivity contribution >= 4 is 0 Å². The lowest BCUT2D eigenvalue weighted by molar-refractivity contribution is 0.132. The molecule has 1 aromatic heterocycles. The summed E-state index contributed by atoms with van der Waals surface area (Å²) in [4.78, 5) is 4.17. The molecule has 0 saturated carbocycles. The second kappa shape index (κ2) is 6.60. The number of ether oxygens (including phenoxy) is 1. The van der Waals surface area contributed by atoms with Crippen molar-refractivity contribution in [3.05, 3.63) is 12.2 Å². The molecule has 0 aliphatic rings. The highest BCUT2D eigenvalue weighted by atomic mass is 16.5. The summed E-state index contributed by atoms with van der Waals surface area (Å²) < 4.78 is 6.79. The smallest absolute Gasteiger partial charge is 0.138 e. The Balaban J connectivity index is 2.43. The molecule has 0 bridgehead atoms. The minimum absolute atomic E-state index is 0.281. The third-order valence-corrected chi connectivity index (χ3v) is 2.44. The minimum Gasteiger partial charge on any atom is -0.393 e. The Morgan fingerprint density at radius 3 is 2.88 bits per heavy atom. The minimum atomic E-state index is -0.364. The summed E-state index contributed by atoms with van der Waals surface area (Å²) in [6.45, 7) is 4.79. The van der Waals surface area contributed by atoms with Gasteiger partial charge in [0.05, 0.1) is 6.10 Å². The van der Waals surface area contributed by atoms with Crippen LogP contribution in [0, 0.1) is 0 Å². The van der Waals surface area contributed by atoms with E-state index in [1.807, 2.05) is 4.68 Å². The van der Waals surface area contributed by atoms with Gasteiger partial charge in [0.1, 0.15) is 12.2 Å². The van der Waals surface area contributed by atoms with Crippen LogP contribution < -0.4 is 0 Å². The first-order valence-electron chi connectivity index (χ1n) is 5.70. The molecule has 0 aromatic carbocycles. The van der Waals surface area contributed by atoms with Crippen LogP contribution in [-0.4, -0.2) is 39.7 Å². The zero-order chi connectivity index (χ0) is 12.0. The highest BCUT2D eigenvalue weighted by Gasteiger charge is 2.12. The molecule has 0 spiro atoms.